The summed E-state index contributed by atoms with van der Waals surface area (Å²) in [6.45, 7) is 0. The molecule has 0 aliphatic heterocycles. The molecule has 0 spiro atoms. The predicted octanol–water partition coefficient (Wildman–Crippen LogP) is 0.407. The molecule has 1 aromatic heterocycles. The van der Waals surface area contributed by atoms with Crippen molar-refractivity contribution in [3.63, 3.8) is 0 Å². The molecule has 64 valence electrons. The molecule has 1 aromatic rings. The van der Waals surface area contributed by atoms with Crippen LogP contribution in [0.25, 0.3) is 0 Å². The number of hydrogen-bond acceptors (Lipinski definition) is 2. The van der Waals surface area contributed by atoms with Crippen LogP contribution >= 0.6 is 11.6 Å². The molecule has 0 saturated heterocycles. The van der Waals surface area contributed by atoms with Crippen LogP contribution in [0.15, 0.2) is 6.07 Å². The molecule has 12 heavy (non-hydrogen) atoms. The topological polar surface area (TPSA) is 25.8 Å². The zero-order chi connectivity index (χ0) is 9.35. The Balaban J connectivity index is 3.18. The standard InChI is InChI=1S/C5HClF3N2.Al.2H/c6-4-10-2-1-3(11-4)5(7,8)9;;;/h1H;;;. The Kier molecular flexibility index (Phi) is 2.61. The molecular formula is C5H3AlClF3N2. The second kappa shape index (κ2) is 3.21. The quantitative estimate of drug-likeness (QED) is 0.458. The highest BCUT2D eigenvalue weighted by Crippen LogP contribution is 2.26. The van der Waals surface area contributed by atoms with Crippen molar-refractivity contribution in [2.45, 2.75) is 6.18 Å². The third-order valence-electron chi connectivity index (χ3n) is 1.12. The minimum Gasteiger partial charge on any atom is -0.243 e. The van der Waals surface area contributed by atoms with Gasteiger partial charge in [-0.2, -0.15) is 13.2 Å². The van der Waals surface area contributed by atoms with E-state index < -0.39 is 11.9 Å². The fraction of sp³-hybridized carbons (Fsp3) is 0.200. The molecule has 7 heteroatoms. The van der Waals surface area contributed by atoms with Gasteiger partial charge in [0, 0.05) is 0 Å². The monoisotopic (exact) mass is 210 g/mol. The van der Waals surface area contributed by atoms with Crippen LogP contribution in [0.3, 0.4) is 0 Å². The Labute approximate surface area is 79.2 Å². The lowest BCUT2D eigenvalue weighted by atomic mass is 10.4. The molecule has 0 amide bonds. The lowest BCUT2D eigenvalue weighted by molar-refractivity contribution is -0.141. The van der Waals surface area contributed by atoms with Gasteiger partial charge in [-0.25, -0.2) is 9.97 Å². The van der Waals surface area contributed by atoms with Crippen molar-refractivity contribution in [1.82, 2.24) is 9.97 Å². The highest BCUT2D eigenvalue weighted by atomic mass is 35.5. The number of hydrogen-bond donors (Lipinski definition) is 0. The number of halogens is 4. The average Bonchev–Trinajstić information content (AvgIpc) is 1.82. The van der Waals surface area contributed by atoms with Crippen molar-refractivity contribution < 1.29 is 13.2 Å². The first-order chi connectivity index (χ1) is 5.39. The molecule has 0 aliphatic carbocycles. The Morgan fingerprint density at radius 3 is 2.33 bits per heavy atom. The molecule has 0 aliphatic rings. The molecule has 0 N–H and O–H groups in total. The van der Waals surface area contributed by atoms with Crippen LogP contribution in [0.4, 0.5) is 13.2 Å². The predicted molar refractivity (Wildman–Crippen MR) is 40.2 cm³/mol. The van der Waals surface area contributed by atoms with E-state index in [1.165, 1.54) is 0 Å². The summed E-state index contributed by atoms with van der Waals surface area (Å²) in [4.78, 5) is 6.62. The third-order valence-corrected chi connectivity index (χ3v) is 1.80. The van der Waals surface area contributed by atoms with Crippen LogP contribution < -0.4 is 4.56 Å². The van der Waals surface area contributed by atoms with E-state index in [0.717, 1.165) is 6.07 Å². The number of rotatable bonds is 0. The zero-order valence-corrected chi connectivity index (χ0v) is 8.74. The Morgan fingerprint density at radius 1 is 1.33 bits per heavy atom. The molecule has 0 radical (unpaired) electrons. The zero-order valence-electron chi connectivity index (χ0n) is 5.98. The maximum absolute atomic E-state index is 12.0. The second-order valence-electron chi connectivity index (χ2n) is 2.16. The first-order valence-electron chi connectivity index (χ1n) is 2.98. The van der Waals surface area contributed by atoms with Gasteiger partial charge in [0.05, 0.1) is 0 Å². The van der Waals surface area contributed by atoms with Gasteiger partial charge in [-0.05, 0) is 22.2 Å². The van der Waals surface area contributed by atoms with E-state index in [9.17, 15) is 13.2 Å². The normalized spacial score (nSPS) is 11.7. The van der Waals surface area contributed by atoms with E-state index in [1.807, 2.05) is 0 Å². The van der Waals surface area contributed by atoms with Gasteiger partial charge in [-0.3, -0.25) is 0 Å². The van der Waals surface area contributed by atoms with Crippen LogP contribution in [0.5, 0.6) is 0 Å². The van der Waals surface area contributed by atoms with Gasteiger partial charge in [0.1, 0.15) is 5.69 Å². The first kappa shape index (κ1) is 9.78. The van der Waals surface area contributed by atoms with Crippen molar-refractivity contribution in [1.29, 1.82) is 0 Å². The summed E-state index contributed by atoms with van der Waals surface area (Å²) in [5.74, 6) is 0. The fourth-order valence-corrected chi connectivity index (χ4v) is 1.53. The van der Waals surface area contributed by atoms with Gasteiger partial charge in [0.25, 0.3) is 16.3 Å². The maximum atomic E-state index is 12.0. The summed E-state index contributed by atoms with van der Waals surface area (Å²) < 4.78 is 36.4. The van der Waals surface area contributed by atoms with Crippen molar-refractivity contribution in [3.8, 4) is 0 Å². The van der Waals surface area contributed by atoms with E-state index in [4.69, 9.17) is 11.6 Å². The molecule has 0 fully saturated rings. The minimum absolute atomic E-state index is 0.335. The van der Waals surface area contributed by atoms with E-state index in [2.05, 4.69) is 9.97 Å². The highest BCUT2D eigenvalue weighted by molar-refractivity contribution is 6.32. The molecule has 0 unspecified atom stereocenters. The molecule has 0 saturated carbocycles. The van der Waals surface area contributed by atoms with Gasteiger partial charge in [0.15, 0.2) is 0 Å². The largest absolute Gasteiger partial charge is 0.433 e. The average molecular weight is 211 g/mol. The number of alkyl halides is 3. The van der Waals surface area contributed by atoms with Crippen LogP contribution in [-0.2, 0) is 6.18 Å². The van der Waals surface area contributed by atoms with E-state index in [0.29, 0.717) is 20.8 Å². The summed E-state index contributed by atoms with van der Waals surface area (Å²) in [6, 6.07) is 0.901. The van der Waals surface area contributed by atoms with E-state index >= 15 is 0 Å². The molecular weight excluding hydrogens is 207 g/mol. The minimum atomic E-state index is -4.44. The molecule has 0 aromatic carbocycles. The van der Waals surface area contributed by atoms with Gasteiger partial charge in [0.2, 0.25) is 5.28 Å². The molecule has 1 heterocycles. The van der Waals surface area contributed by atoms with Crippen molar-refractivity contribution in [3.05, 3.63) is 17.0 Å². The summed E-state index contributed by atoms with van der Waals surface area (Å²) in [5.41, 5.74) is -0.979. The summed E-state index contributed by atoms with van der Waals surface area (Å²) >= 11 is 5.68. The van der Waals surface area contributed by atoms with Crippen molar-refractivity contribution >= 4 is 32.4 Å². The number of aromatic nitrogens is 2. The number of nitrogens with zero attached hydrogens (tertiary/aromatic N) is 2. The van der Waals surface area contributed by atoms with Crippen LogP contribution in [0, 0.1) is 0 Å². The fourth-order valence-electron chi connectivity index (χ4n) is 0.678. The van der Waals surface area contributed by atoms with Crippen LogP contribution in [-0.4, -0.2) is 26.3 Å². The van der Waals surface area contributed by atoms with E-state index in [-0.39, 0.29) is 5.28 Å². The SMILES string of the molecule is FC(F)(F)c1c[c]([AlH2])nc(Cl)n1. The highest BCUT2D eigenvalue weighted by Gasteiger charge is 2.32. The van der Waals surface area contributed by atoms with E-state index in [1.54, 1.807) is 0 Å². The van der Waals surface area contributed by atoms with Crippen molar-refractivity contribution in [2.24, 2.45) is 0 Å². The lowest BCUT2D eigenvalue weighted by Crippen LogP contribution is -2.17. The summed E-state index contributed by atoms with van der Waals surface area (Å²) in [5, 5.41) is -0.352. The first-order valence-corrected chi connectivity index (χ1v) is 4.36. The van der Waals surface area contributed by atoms with Gasteiger partial charge >= 0.3 is 6.18 Å². The van der Waals surface area contributed by atoms with Crippen LogP contribution in [0.1, 0.15) is 5.69 Å². The smallest absolute Gasteiger partial charge is 0.243 e. The van der Waals surface area contributed by atoms with Gasteiger partial charge < -0.3 is 0 Å². The molecule has 2 nitrogen and oxygen atoms in total. The third kappa shape index (κ3) is 2.34. The van der Waals surface area contributed by atoms with Crippen molar-refractivity contribution in [2.75, 3.05) is 0 Å². The van der Waals surface area contributed by atoms with Gasteiger partial charge in [-0.1, -0.05) is 0 Å². The maximum Gasteiger partial charge on any atom is 0.433 e. The lowest BCUT2D eigenvalue weighted by Gasteiger charge is -2.05. The van der Waals surface area contributed by atoms with Crippen LogP contribution in [0.2, 0.25) is 5.28 Å². The summed E-state index contributed by atoms with van der Waals surface area (Å²) in [7, 11) is 0. The molecule has 1 rings (SSSR count). The second-order valence-corrected chi connectivity index (χ2v) is 3.52. The summed E-state index contributed by atoms with van der Waals surface area (Å²) in [6.07, 6.45) is -4.44. The molecule has 0 bridgehead atoms. The van der Waals surface area contributed by atoms with Gasteiger partial charge in [-0.15, -0.1) is 0 Å². The Morgan fingerprint density at radius 2 is 1.92 bits per heavy atom. The Bertz CT molecular complexity index is 281. The molecule has 0 atom stereocenters. The Hall–Kier alpha value is -0.308.